The van der Waals surface area contributed by atoms with Crippen LogP contribution in [0, 0.1) is 12.7 Å². The van der Waals surface area contributed by atoms with E-state index in [0.717, 1.165) is 6.54 Å². The number of nitrogens with zero attached hydrogens (tertiary/aromatic N) is 3. The molecule has 2 saturated heterocycles. The van der Waals surface area contributed by atoms with E-state index in [2.05, 4.69) is 11.8 Å². The number of benzene rings is 1. The number of aryl methyl sites for hydroxylation is 1. The number of piperidine rings is 1. The highest BCUT2D eigenvalue weighted by Crippen LogP contribution is 2.25. The molecule has 5 nitrogen and oxygen atoms in total. The Kier molecular flexibility index (Phi) is 5.06. The largest absolute Gasteiger partial charge is 0.335 e. The molecule has 1 aromatic heterocycles. The SMILES string of the molecule is Cc1ccn(-c2ccc(F)cc2)c(=O)c1C(=O)N1CC(N2CCCCC2C)C1. The van der Waals surface area contributed by atoms with Crippen LogP contribution in [-0.2, 0) is 0 Å². The number of hydrogen-bond acceptors (Lipinski definition) is 3. The van der Waals surface area contributed by atoms with E-state index < -0.39 is 0 Å². The van der Waals surface area contributed by atoms with E-state index in [1.165, 1.54) is 48.1 Å². The van der Waals surface area contributed by atoms with Crippen LogP contribution in [-0.4, -0.2) is 52.0 Å². The summed E-state index contributed by atoms with van der Waals surface area (Å²) >= 11 is 0. The van der Waals surface area contributed by atoms with E-state index in [1.807, 2.05) is 0 Å². The van der Waals surface area contributed by atoms with E-state index in [4.69, 9.17) is 0 Å². The second-order valence-electron chi connectivity index (χ2n) is 7.97. The molecule has 1 unspecified atom stereocenters. The molecular weight excluding hydrogens is 357 g/mol. The maximum absolute atomic E-state index is 13.2. The fourth-order valence-electron chi connectivity index (χ4n) is 4.34. The Labute approximate surface area is 164 Å². The first-order chi connectivity index (χ1) is 13.5. The second-order valence-corrected chi connectivity index (χ2v) is 7.97. The zero-order valence-corrected chi connectivity index (χ0v) is 16.4. The minimum absolute atomic E-state index is 0.206. The highest BCUT2D eigenvalue weighted by Gasteiger charge is 2.38. The molecule has 0 aliphatic carbocycles. The van der Waals surface area contributed by atoms with E-state index in [-0.39, 0.29) is 22.8 Å². The summed E-state index contributed by atoms with van der Waals surface area (Å²) < 4.78 is 14.6. The molecule has 2 aliphatic rings. The van der Waals surface area contributed by atoms with Gasteiger partial charge in [-0.1, -0.05) is 6.42 Å². The minimum Gasteiger partial charge on any atom is -0.335 e. The lowest BCUT2D eigenvalue weighted by Gasteiger charge is -2.49. The fourth-order valence-corrected chi connectivity index (χ4v) is 4.34. The Hall–Kier alpha value is -2.47. The monoisotopic (exact) mass is 383 g/mol. The summed E-state index contributed by atoms with van der Waals surface area (Å²) in [7, 11) is 0. The van der Waals surface area contributed by atoms with Gasteiger partial charge in [0, 0.05) is 37.1 Å². The van der Waals surface area contributed by atoms with E-state index >= 15 is 0 Å². The Balaban J connectivity index is 1.54. The van der Waals surface area contributed by atoms with Crippen LogP contribution in [0.25, 0.3) is 5.69 Å². The molecule has 2 aliphatic heterocycles. The first kappa shape index (κ1) is 18.9. The van der Waals surface area contributed by atoms with Crippen molar-refractivity contribution in [3.63, 3.8) is 0 Å². The third kappa shape index (κ3) is 3.37. The average molecular weight is 383 g/mol. The van der Waals surface area contributed by atoms with Crippen LogP contribution in [0.3, 0.4) is 0 Å². The van der Waals surface area contributed by atoms with Gasteiger partial charge in [-0.25, -0.2) is 4.39 Å². The van der Waals surface area contributed by atoms with Crippen molar-refractivity contribution in [2.45, 2.75) is 45.2 Å². The lowest BCUT2D eigenvalue weighted by atomic mass is 9.96. The van der Waals surface area contributed by atoms with Crippen molar-refractivity contribution in [3.05, 3.63) is 63.8 Å². The summed E-state index contributed by atoms with van der Waals surface area (Å²) in [6.07, 6.45) is 5.34. The molecule has 0 bridgehead atoms. The fraction of sp³-hybridized carbons (Fsp3) is 0.455. The van der Waals surface area contributed by atoms with Gasteiger partial charge in [0.2, 0.25) is 0 Å². The Bertz CT molecular complexity index is 932. The van der Waals surface area contributed by atoms with E-state index in [9.17, 15) is 14.0 Å². The number of carbonyl (C=O) groups is 1. The molecule has 0 N–H and O–H groups in total. The molecule has 28 heavy (non-hydrogen) atoms. The number of hydrogen-bond donors (Lipinski definition) is 0. The minimum atomic E-state index is -0.362. The summed E-state index contributed by atoms with van der Waals surface area (Å²) in [4.78, 5) is 30.3. The summed E-state index contributed by atoms with van der Waals surface area (Å²) in [6, 6.07) is 8.41. The molecule has 0 spiro atoms. The number of carbonyl (C=O) groups excluding carboxylic acids is 1. The molecule has 1 amide bonds. The highest BCUT2D eigenvalue weighted by molar-refractivity contribution is 5.96. The van der Waals surface area contributed by atoms with Crippen LogP contribution in [0.1, 0.15) is 42.1 Å². The zero-order valence-electron chi connectivity index (χ0n) is 16.4. The Morgan fingerprint density at radius 1 is 1.11 bits per heavy atom. The maximum Gasteiger partial charge on any atom is 0.268 e. The average Bonchev–Trinajstić information content (AvgIpc) is 2.63. The van der Waals surface area contributed by atoms with E-state index in [1.54, 1.807) is 24.1 Å². The van der Waals surface area contributed by atoms with Gasteiger partial charge < -0.3 is 4.90 Å². The highest BCUT2D eigenvalue weighted by atomic mass is 19.1. The van der Waals surface area contributed by atoms with Gasteiger partial charge in [0.25, 0.3) is 11.5 Å². The van der Waals surface area contributed by atoms with Crippen LogP contribution in [0.15, 0.2) is 41.3 Å². The van der Waals surface area contributed by atoms with Gasteiger partial charge in [0.15, 0.2) is 0 Å². The summed E-state index contributed by atoms with van der Waals surface area (Å²) in [5, 5.41) is 0. The van der Waals surface area contributed by atoms with Crippen LogP contribution >= 0.6 is 0 Å². The van der Waals surface area contributed by atoms with Gasteiger partial charge in [0.1, 0.15) is 11.4 Å². The van der Waals surface area contributed by atoms with Gasteiger partial charge in [-0.05, 0) is 69.1 Å². The van der Waals surface area contributed by atoms with Crippen LogP contribution < -0.4 is 5.56 Å². The third-order valence-corrected chi connectivity index (χ3v) is 6.09. The Morgan fingerprint density at radius 2 is 1.82 bits per heavy atom. The Morgan fingerprint density at radius 3 is 2.50 bits per heavy atom. The number of aromatic nitrogens is 1. The molecule has 2 fully saturated rings. The molecular formula is C22H26FN3O2. The van der Waals surface area contributed by atoms with Crippen molar-refractivity contribution in [3.8, 4) is 5.69 Å². The van der Waals surface area contributed by atoms with Crippen molar-refractivity contribution in [2.24, 2.45) is 0 Å². The molecule has 0 radical (unpaired) electrons. The van der Waals surface area contributed by atoms with Gasteiger partial charge in [-0.3, -0.25) is 19.1 Å². The molecule has 148 valence electrons. The number of amides is 1. The first-order valence-corrected chi connectivity index (χ1v) is 9.99. The molecule has 6 heteroatoms. The van der Waals surface area contributed by atoms with Gasteiger partial charge in [0.05, 0.1) is 0 Å². The predicted molar refractivity (Wildman–Crippen MR) is 106 cm³/mol. The molecule has 0 saturated carbocycles. The number of likely N-dealkylation sites (tertiary alicyclic amines) is 2. The normalized spacial score (nSPS) is 20.8. The lowest BCUT2D eigenvalue weighted by molar-refractivity contribution is 0.00197. The zero-order chi connectivity index (χ0) is 19.8. The first-order valence-electron chi connectivity index (χ1n) is 9.99. The number of rotatable bonds is 3. The van der Waals surface area contributed by atoms with Crippen LogP contribution in [0.4, 0.5) is 4.39 Å². The number of halogens is 1. The van der Waals surface area contributed by atoms with Crippen molar-refractivity contribution in [1.29, 1.82) is 0 Å². The molecule has 1 atom stereocenters. The second kappa shape index (κ2) is 7.51. The third-order valence-electron chi connectivity index (χ3n) is 6.09. The van der Waals surface area contributed by atoms with Gasteiger partial charge in [-0.2, -0.15) is 0 Å². The lowest BCUT2D eigenvalue weighted by Crippen LogP contribution is -2.64. The molecule has 2 aromatic rings. The van der Waals surface area contributed by atoms with Crippen molar-refractivity contribution >= 4 is 5.91 Å². The molecule has 1 aromatic carbocycles. The van der Waals surface area contributed by atoms with Gasteiger partial charge in [-0.15, -0.1) is 0 Å². The standard InChI is InChI=1S/C22H26FN3O2/c1-15-10-12-26(18-8-6-17(23)7-9-18)22(28)20(15)21(27)24-13-19(14-24)25-11-4-3-5-16(25)2/h6-10,12,16,19H,3-5,11,13-14H2,1-2H3. The predicted octanol–water partition coefficient (Wildman–Crippen LogP) is 2.98. The van der Waals surface area contributed by atoms with Crippen molar-refractivity contribution in [2.75, 3.05) is 19.6 Å². The maximum atomic E-state index is 13.2. The summed E-state index contributed by atoms with van der Waals surface area (Å²) in [6.45, 7) is 6.48. The quantitative estimate of drug-likeness (QED) is 0.819. The van der Waals surface area contributed by atoms with Crippen LogP contribution in [0.5, 0.6) is 0 Å². The topological polar surface area (TPSA) is 45.6 Å². The molecule has 3 heterocycles. The summed E-state index contributed by atoms with van der Waals surface area (Å²) in [5.74, 6) is -0.571. The van der Waals surface area contributed by atoms with Crippen molar-refractivity contribution < 1.29 is 9.18 Å². The number of pyridine rings is 1. The summed E-state index contributed by atoms with van der Waals surface area (Å²) in [5.41, 5.74) is 1.07. The van der Waals surface area contributed by atoms with Gasteiger partial charge >= 0.3 is 0 Å². The van der Waals surface area contributed by atoms with Crippen LogP contribution in [0.2, 0.25) is 0 Å². The van der Waals surface area contributed by atoms with E-state index in [0.29, 0.717) is 36.4 Å². The van der Waals surface area contributed by atoms with Crippen molar-refractivity contribution in [1.82, 2.24) is 14.4 Å². The molecule has 4 rings (SSSR count). The smallest absolute Gasteiger partial charge is 0.268 e.